The van der Waals surface area contributed by atoms with Crippen molar-refractivity contribution in [3.8, 4) is 11.5 Å². The van der Waals surface area contributed by atoms with E-state index in [-0.39, 0.29) is 6.54 Å². The van der Waals surface area contributed by atoms with Crippen molar-refractivity contribution in [2.24, 2.45) is 0 Å². The molecule has 0 radical (unpaired) electrons. The number of fused-ring (bicyclic) bond motifs is 2. The number of alkyl halides is 2. The first-order chi connectivity index (χ1) is 18.0. The Bertz CT molecular complexity index is 1590. The van der Waals surface area contributed by atoms with Gasteiger partial charge in [0.05, 0.1) is 17.3 Å². The number of anilines is 3. The van der Waals surface area contributed by atoms with Gasteiger partial charge in [0.2, 0.25) is 5.95 Å². The third kappa shape index (κ3) is 4.90. The number of benzene rings is 1. The predicted octanol–water partition coefficient (Wildman–Crippen LogP) is 4.47. The van der Waals surface area contributed by atoms with E-state index in [1.165, 1.54) is 12.7 Å². The summed E-state index contributed by atoms with van der Waals surface area (Å²) in [7, 11) is 0. The number of aromatic nitrogens is 7. The highest BCUT2D eigenvalue weighted by Gasteiger charge is 2.27. The van der Waals surface area contributed by atoms with Gasteiger partial charge < -0.3 is 19.7 Å². The molecule has 1 saturated heterocycles. The Morgan fingerprint density at radius 1 is 1.08 bits per heavy atom. The molecule has 0 amide bonds. The van der Waals surface area contributed by atoms with Crippen LogP contribution in [0.1, 0.15) is 6.42 Å². The van der Waals surface area contributed by atoms with E-state index in [1.54, 1.807) is 52.1 Å². The van der Waals surface area contributed by atoms with Crippen molar-refractivity contribution >= 4 is 45.7 Å². The van der Waals surface area contributed by atoms with Gasteiger partial charge in [0.1, 0.15) is 35.2 Å². The van der Waals surface area contributed by atoms with Gasteiger partial charge in [-0.15, -0.1) is 0 Å². The molecular weight excluding hydrogens is 508 g/mol. The van der Waals surface area contributed by atoms with Gasteiger partial charge in [-0.3, -0.25) is 0 Å². The van der Waals surface area contributed by atoms with E-state index < -0.39 is 12.7 Å². The second-order valence-electron chi connectivity index (χ2n) is 8.18. The first-order valence-electron chi connectivity index (χ1n) is 11.2. The van der Waals surface area contributed by atoms with E-state index in [0.717, 1.165) is 0 Å². The van der Waals surface area contributed by atoms with E-state index in [1.807, 2.05) is 0 Å². The first kappa shape index (κ1) is 23.2. The van der Waals surface area contributed by atoms with Crippen LogP contribution in [0.3, 0.4) is 0 Å². The number of nitrogens with zero attached hydrogens (tertiary/aromatic N) is 8. The highest BCUT2D eigenvalue weighted by molar-refractivity contribution is 6.32. The Balaban J connectivity index is 1.22. The molecule has 1 aliphatic heterocycles. The van der Waals surface area contributed by atoms with E-state index >= 15 is 0 Å². The molecular formula is C23H18ClF2N9O2. The molecule has 0 saturated carbocycles. The predicted molar refractivity (Wildman–Crippen MR) is 131 cm³/mol. The molecule has 5 aromatic rings. The second-order valence-corrected chi connectivity index (χ2v) is 8.58. The fourth-order valence-corrected chi connectivity index (χ4v) is 4.26. The van der Waals surface area contributed by atoms with Crippen molar-refractivity contribution in [3.63, 3.8) is 0 Å². The van der Waals surface area contributed by atoms with E-state index in [9.17, 15) is 8.78 Å². The lowest BCUT2D eigenvalue weighted by Crippen LogP contribution is -2.25. The fraction of sp³-hybridized carbons (Fsp3) is 0.217. The molecule has 0 bridgehead atoms. The van der Waals surface area contributed by atoms with Crippen molar-refractivity contribution < 1.29 is 18.3 Å². The maximum absolute atomic E-state index is 12.6. The number of nitrogens with one attached hydrogen (secondary N) is 1. The highest BCUT2D eigenvalue weighted by atomic mass is 35.5. The van der Waals surface area contributed by atoms with E-state index in [2.05, 4.69) is 40.1 Å². The molecule has 4 aromatic heterocycles. The standard InChI is InChI=1S/C23H18ClF2N9O2/c24-16-7-13(1-2-18(16)36-14-4-6-35-19(8-14)29-12-31-35)32-21-20-17(28-11-30-21)9-27-23(33-20)34-5-3-15(10-34)37-22(25)26/h1-2,4,6-9,11-12,15,22H,3,5,10H2,(H,28,30,32)/t15-/m1/s1. The Morgan fingerprint density at radius 3 is 2.86 bits per heavy atom. The molecule has 37 heavy (non-hydrogen) atoms. The number of hydrogen-bond acceptors (Lipinski definition) is 10. The van der Waals surface area contributed by atoms with Gasteiger partial charge in [0.15, 0.2) is 11.5 Å². The summed E-state index contributed by atoms with van der Waals surface area (Å²) >= 11 is 6.49. The number of ether oxygens (including phenoxy) is 2. The molecule has 1 aliphatic rings. The summed E-state index contributed by atoms with van der Waals surface area (Å²) in [6.07, 6.45) is 6.05. The summed E-state index contributed by atoms with van der Waals surface area (Å²) in [5.41, 5.74) is 2.30. The lowest BCUT2D eigenvalue weighted by Gasteiger charge is -2.17. The average molecular weight is 526 g/mol. The van der Waals surface area contributed by atoms with Crippen LogP contribution in [0, 0.1) is 0 Å². The van der Waals surface area contributed by atoms with Crippen molar-refractivity contribution in [3.05, 3.63) is 60.4 Å². The zero-order chi connectivity index (χ0) is 25.4. The number of rotatable bonds is 7. The van der Waals surface area contributed by atoms with Crippen LogP contribution in [0.2, 0.25) is 5.02 Å². The number of hydrogen-bond donors (Lipinski definition) is 1. The van der Waals surface area contributed by atoms with Crippen LogP contribution in [-0.4, -0.2) is 60.3 Å². The van der Waals surface area contributed by atoms with Crippen LogP contribution in [0.5, 0.6) is 11.5 Å². The topological polar surface area (TPSA) is 115 Å². The summed E-state index contributed by atoms with van der Waals surface area (Å²) in [5, 5.41) is 7.64. The molecule has 5 heterocycles. The van der Waals surface area contributed by atoms with Crippen LogP contribution in [0.15, 0.2) is 55.4 Å². The summed E-state index contributed by atoms with van der Waals surface area (Å²) in [4.78, 5) is 23.4. The van der Waals surface area contributed by atoms with Crippen LogP contribution in [-0.2, 0) is 4.74 Å². The zero-order valence-corrected chi connectivity index (χ0v) is 19.8. The molecule has 1 aromatic carbocycles. The second kappa shape index (κ2) is 9.67. The summed E-state index contributed by atoms with van der Waals surface area (Å²) in [6.45, 7) is -2.04. The van der Waals surface area contributed by atoms with Crippen molar-refractivity contribution in [1.29, 1.82) is 0 Å². The molecule has 1 atom stereocenters. The molecule has 1 N–H and O–H groups in total. The molecule has 0 unspecified atom stereocenters. The number of pyridine rings is 1. The van der Waals surface area contributed by atoms with Gasteiger partial charge in [0, 0.05) is 31.0 Å². The number of halogens is 3. The van der Waals surface area contributed by atoms with Gasteiger partial charge in [-0.1, -0.05) is 11.6 Å². The van der Waals surface area contributed by atoms with Crippen LogP contribution >= 0.6 is 11.6 Å². The minimum atomic E-state index is -2.81. The van der Waals surface area contributed by atoms with Crippen LogP contribution < -0.4 is 15.0 Å². The van der Waals surface area contributed by atoms with E-state index in [4.69, 9.17) is 16.3 Å². The molecule has 11 nitrogen and oxygen atoms in total. The monoisotopic (exact) mass is 525 g/mol. The van der Waals surface area contributed by atoms with Crippen LogP contribution in [0.4, 0.5) is 26.2 Å². The maximum Gasteiger partial charge on any atom is 0.345 e. The molecule has 0 spiro atoms. The van der Waals surface area contributed by atoms with Crippen molar-refractivity contribution in [2.75, 3.05) is 23.3 Å². The summed E-state index contributed by atoms with van der Waals surface area (Å²) < 4.78 is 37.3. The zero-order valence-electron chi connectivity index (χ0n) is 19.0. The van der Waals surface area contributed by atoms with Gasteiger partial charge in [-0.2, -0.15) is 13.9 Å². The smallest absolute Gasteiger partial charge is 0.345 e. The Hall–Kier alpha value is -4.23. The Morgan fingerprint density at radius 2 is 2.00 bits per heavy atom. The molecule has 14 heteroatoms. The largest absolute Gasteiger partial charge is 0.456 e. The minimum absolute atomic E-state index is 0.271. The molecule has 188 valence electrons. The average Bonchev–Trinajstić information content (AvgIpc) is 3.55. The minimum Gasteiger partial charge on any atom is -0.456 e. The fourth-order valence-electron chi connectivity index (χ4n) is 4.04. The third-order valence-corrected chi connectivity index (χ3v) is 6.06. The summed E-state index contributed by atoms with van der Waals surface area (Å²) in [6, 6.07) is 8.74. The first-order valence-corrected chi connectivity index (χ1v) is 11.6. The van der Waals surface area contributed by atoms with Gasteiger partial charge >= 0.3 is 6.61 Å². The normalized spacial score (nSPS) is 15.7. The maximum atomic E-state index is 12.6. The highest BCUT2D eigenvalue weighted by Crippen LogP contribution is 2.33. The lowest BCUT2D eigenvalue weighted by atomic mass is 10.3. The van der Waals surface area contributed by atoms with Gasteiger partial charge in [-0.25, -0.2) is 29.4 Å². The van der Waals surface area contributed by atoms with Crippen molar-refractivity contribution in [2.45, 2.75) is 19.1 Å². The SMILES string of the molecule is FC(F)O[C@@H]1CCN(c2ncc3ncnc(Nc4ccc(Oc5ccn6ncnc6c5)c(Cl)c4)c3n2)C1. The molecule has 0 aliphatic carbocycles. The lowest BCUT2D eigenvalue weighted by molar-refractivity contribution is -0.156. The van der Waals surface area contributed by atoms with Crippen molar-refractivity contribution in [1.82, 2.24) is 34.5 Å². The van der Waals surface area contributed by atoms with Gasteiger partial charge in [-0.05, 0) is 30.7 Å². The molecule has 6 rings (SSSR count). The van der Waals surface area contributed by atoms with Gasteiger partial charge in [0.25, 0.3) is 0 Å². The Kier molecular flexibility index (Phi) is 6.06. The Labute approximate surface area is 213 Å². The quantitative estimate of drug-likeness (QED) is 0.326. The van der Waals surface area contributed by atoms with E-state index in [0.29, 0.717) is 63.6 Å². The molecule has 1 fully saturated rings. The third-order valence-electron chi connectivity index (χ3n) is 5.76. The summed E-state index contributed by atoms with van der Waals surface area (Å²) in [5.74, 6) is 1.85. The van der Waals surface area contributed by atoms with Crippen LogP contribution in [0.25, 0.3) is 16.7 Å².